The largest absolute Gasteiger partial charge is 0.447 e. The zero-order chi connectivity index (χ0) is 13.2. The van der Waals surface area contributed by atoms with Crippen LogP contribution < -0.4 is 4.74 Å². The summed E-state index contributed by atoms with van der Waals surface area (Å²) < 4.78 is 6.02. The van der Waals surface area contributed by atoms with Gasteiger partial charge in [-0.15, -0.1) is 0 Å². The third kappa shape index (κ3) is 2.17. The molecule has 0 bridgehead atoms. The van der Waals surface area contributed by atoms with Crippen LogP contribution in [-0.4, -0.2) is 0 Å². The topological polar surface area (TPSA) is 9.23 Å². The van der Waals surface area contributed by atoms with Crippen LogP contribution in [0.15, 0.2) is 69.3 Å². The van der Waals surface area contributed by atoms with Crippen LogP contribution in [0.25, 0.3) is 0 Å². The molecule has 0 atom stereocenters. The number of allylic oxidation sites excluding steroid dienone is 2. The Labute approximate surface area is 117 Å². The molecule has 0 amide bonds. The molecule has 0 spiro atoms. The first-order valence-electron chi connectivity index (χ1n) is 6.58. The van der Waals surface area contributed by atoms with E-state index >= 15 is 0 Å². The highest BCUT2D eigenvalue weighted by Crippen LogP contribution is 2.46. The lowest BCUT2D eigenvalue weighted by atomic mass is 10.3. The van der Waals surface area contributed by atoms with Crippen LogP contribution in [0.2, 0.25) is 0 Å². The zero-order valence-corrected chi connectivity index (χ0v) is 12.0. The molecule has 2 aromatic carbocycles. The minimum atomic E-state index is -0.00306. The summed E-state index contributed by atoms with van der Waals surface area (Å²) in [6.07, 6.45) is 3.39. The van der Waals surface area contributed by atoms with Crippen LogP contribution in [0.3, 0.4) is 0 Å². The van der Waals surface area contributed by atoms with Crippen molar-refractivity contribution in [2.45, 2.75) is 30.1 Å². The first-order chi connectivity index (χ1) is 9.31. The Bertz CT molecular complexity index is 585. The van der Waals surface area contributed by atoms with Crippen LogP contribution in [0.1, 0.15) is 20.3 Å². The summed E-state index contributed by atoms with van der Waals surface area (Å²) in [6, 6.07) is 16.7. The van der Waals surface area contributed by atoms with Crippen molar-refractivity contribution in [2.75, 3.05) is 0 Å². The van der Waals surface area contributed by atoms with E-state index in [0.29, 0.717) is 0 Å². The van der Waals surface area contributed by atoms with Crippen molar-refractivity contribution in [3.05, 3.63) is 59.5 Å². The fraction of sp³-hybridized carbons (Fsp3) is 0.176. The van der Waals surface area contributed by atoms with Gasteiger partial charge in [-0.05, 0) is 36.8 Å². The van der Waals surface area contributed by atoms with Crippen LogP contribution >= 0.6 is 0 Å². The van der Waals surface area contributed by atoms with E-state index in [1.807, 2.05) is 12.1 Å². The fourth-order valence-electron chi connectivity index (χ4n) is 2.36. The summed E-state index contributed by atoms with van der Waals surface area (Å²) in [7, 11) is -0.00306. The predicted octanol–water partition coefficient (Wildman–Crippen LogP) is 5.14. The van der Waals surface area contributed by atoms with Gasteiger partial charge < -0.3 is 4.74 Å². The summed E-state index contributed by atoms with van der Waals surface area (Å²) in [6.45, 7) is 4.41. The van der Waals surface area contributed by atoms with Crippen LogP contribution in [-0.2, 0) is 10.9 Å². The average Bonchev–Trinajstić information content (AvgIpc) is 2.44. The van der Waals surface area contributed by atoms with Crippen LogP contribution in [0, 0.1) is 0 Å². The Morgan fingerprint density at radius 1 is 1.00 bits per heavy atom. The molecule has 1 heterocycles. The molecule has 0 radical (unpaired) electrons. The molecule has 2 aromatic rings. The van der Waals surface area contributed by atoms with E-state index in [1.54, 1.807) is 0 Å². The van der Waals surface area contributed by atoms with Crippen LogP contribution in [0.5, 0.6) is 11.5 Å². The van der Waals surface area contributed by atoms with Crippen molar-refractivity contribution in [1.82, 2.24) is 0 Å². The first kappa shape index (κ1) is 12.4. The molecule has 0 saturated carbocycles. The van der Waals surface area contributed by atoms with Gasteiger partial charge in [0.05, 0.1) is 0 Å². The Hall–Kier alpha value is -1.67. The highest BCUT2D eigenvalue weighted by Gasteiger charge is 2.38. The standard InChI is InChI=1S/C17H17OS/c1-3-8-13(2)19-16-11-6-4-9-14(16)18-15-10-5-7-12-17(15)19/h4-12H,3H2,1-2H3/q+1/b13-8+. The maximum Gasteiger partial charge on any atom is 0.208 e. The second-order valence-electron chi connectivity index (χ2n) is 4.52. The number of hydrogen-bond donors (Lipinski definition) is 0. The maximum absolute atomic E-state index is 6.02. The molecular weight excluding hydrogens is 252 g/mol. The van der Waals surface area contributed by atoms with Crippen molar-refractivity contribution in [2.24, 2.45) is 0 Å². The van der Waals surface area contributed by atoms with Gasteiger partial charge in [0, 0.05) is 6.92 Å². The second kappa shape index (κ2) is 5.14. The van der Waals surface area contributed by atoms with Gasteiger partial charge in [-0.25, -0.2) is 0 Å². The molecule has 0 aromatic heterocycles. The third-order valence-electron chi connectivity index (χ3n) is 3.17. The number of para-hydroxylation sites is 2. The Balaban J connectivity index is 2.19. The second-order valence-corrected chi connectivity index (χ2v) is 6.66. The molecule has 19 heavy (non-hydrogen) atoms. The van der Waals surface area contributed by atoms with Crippen molar-refractivity contribution in [1.29, 1.82) is 0 Å². The van der Waals surface area contributed by atoms with Gasteiger partial charge in [0.15, 0.2) is 11.5 Å². The highest BCUT2D eigenvalue weighted by molar-refractivity contribution is 8.00. The number of fused-ring (bicyclic) bond motifs is 2. The van der Waals surface area contributed by atoms with Gasteiger partial charge in [-0.2, -0.15) is 0 Å². The molecule has 0 fully saturated rings. The molecule has 1 aliphatic heterocycles. The summed E-state index contributed by atoms with van der Waals surface area (Å²) in [5, 5.41) is 0. The highest BCUT2D eigenvalue weighted by atomic mass is 32.2. The van der Waals surface area contributed by atoms with Crippen molar-refractivity contribution in [3.63, 3.8) is 0 Å². The fourth-order valence-corrected chi connectivity index (χ4v) is 4.68. The van der Waals surface area contributed by atoms with Gasteiger partial charge >= 0.3 is 0 Å². The van der Waals surface area contributed by atoms with E-state index in [4.69, 9.17) is 4.74 Å². The molecule has 0 saturated heterocycles. The molecule has 96 valence electrons. The van der Waals surface area contributed by atoms with E-state index in [1.165, 1.54) is 14.7 Å². The van der Waals surface area contributed by atoms with Gasteiger partial charge in [0.25, 0.3) is 0 Å². The lowest BCUT2D eigenvalue weighted by Crippen LogP contribution is -2.12. The molecule has 3 rings (SSSR count). The monoisotopic (exact) mass is 269 g/mol. The number of benzene rings is 2. The molecule has 1 aliphatic rings. The molecule has 0 N–H and O–H groups in total. The Morgan fingerprint density at radius 2 is 1.53 bits per heavy atom. The molecular formula is C17H17OS+. The van der Waals surface area contributed by atoms with E-state index in [9.17, 15) is 0 Å². The Kier molecular flexibility index (Phi) is 3.34. The Morgan fingerprint density at radius 3 is 2.05 bits per heavy atom. The maximum atomic E-state index is 6.02. The zero-order valence-electron chi connectivity index (χ0n) is 11.2. The summed E-state index contributed by atoms with van der Waals surface area (Å²) in [5.41, 5.74) is 0. The van der Waals surface area contributed by atoms with Gasteiger partial charge in [0.1, 0.15) is 15.8 Å². The number of hydrogen-bond acceptors (Lipinski definition) is 1. The van der Waals surface area contributed by atoms with E-state index in [-0.39, 0.29) is 10.9 Å². The average molecular weight is 269 g/mol. The summed E-state index contributed by atoms with van der Waals surface area (Å²) >= 11 is 0. The van der Waals surface area contributed by atoms with E-state index in [2.05, 4.69) is 56.3 Å². The quantitative estimate of drug-likeness (QED) is 0.686. The van der Waals surface area contributed by atoms with Crippen molar-refractivity contribution in [3.8, 4) is 11.5 Å². The SMILES string of the molecule is CC/C=C(\C)[S+]1c2ccccc2Oc2ccccc21. The van der Waals surface area contributed by atoms with Gasteiger partial charge in [-0.1, -0.05) is 31.2 Å². The normalized spacial score (nSPS) is 14.5. The van der Waals surface area contributed by atoms with Crippen LogP contribution in [0.4, 0.5) is 0 Å². The molecule has 2 heteroatoms. The lowest BCUT2D eigenvalue weighted by Gasteiger charge is -2.19. The smallest absolute Gasteiger partial charge is 0.208 e. The number of rotatable bonds is 2. The van der Waals surface area contributed by atoms with Gasteiger partial charge in [0.2, 0.25) is 9.79 Å². The van der Waals surface area contributed by atoms with Crippen molar-refractivity contribution >= 4 is 10.9 Å². The summed E-state index contributed by atoms with van der Waals surface area (Å²) in [4.78, 5) is 4.01. The van der Waals surface area contributed by atoms with Gasteiger partial charge in [-0.3, -0.25) is 0 Å². The lowest BCUT2D eigenvalue weighted by molar-refractivity contribution is 0.453. The van der Waals surface area contributed by atoms with E-state index < -0.39 is 0 Å². The summed E-state index contributed by atoms with van der Waals surface area (Å²) in [5.74, 6) is 1.99. The molecule has 0 aliphatic carbocycles. The minimum absolute atomic E-state index is 0.00306. The van der Waals surface area contributed by atoms with E-state index in [0.717, 1.165) is 17.9 Å². The molecule has 0 unspecified atom stereocenters. The minimum Gasteiger partial charge on any atom is -0.447 e. The third-order valence-corrected chi connectivity index (χ3v) is 5.54. The predicted molar refractivity (Wildman–Crippen MR) is 80.9 cm³/mol. The molecule has 1 nitrogen and oxygen atoms in total. The first-order valence-corrected chi connectivity index (χ1v) is 7.80. The number of ether oxygens (including phenoxy) is 1. The van der Waals surface area contributed by atoms with Crippen molar-refractivity contribution < 1.29 is 4.74 Å².